The maximum Gasteiger partial charge on any atom is 0.410 e. The first-order valence-corrected chi connectivity index (χ1v) is 36.1. The Bertz CT molecular complexity index is 3680. The molecule has 0 aliphatic carbocycles. The Morgan fingerprint density at radius 3 is 1.01 bits per heavy atom. The van der Waals surface area contributed by atoms with Gasteiger partial charge in [0.15, 0.2) is 11.6 Å². The summed E-state index contributed by atoms with van der Waals surface area (Å²) in [5, 5.41) is 3.35. The fraction of sp³-hybridized carbons (Fsp3) is 0.603. The molecule has 564 valence electrons. The number of rotatable bonds is 8. The van der Waals surface area contributed by atoms with Gasteiger partial charge in [0.25, 0.3) is 0 Å². The minimum absolute atomic E-state index is 0.00393. The third kappa shape index (κ3) is 21.0. The number of hydrogen-bond donors (Lipinski definition) is 2. The molecule has 20 nitrogen and oxygen atoms in total. The molecule has 103 heavy (non-hydrogen) atoms. The van der Waals surface area contributed by atoms with Crippen LogP contribution in [0.15, 0.2) is 72.8 Å². The van der Waals surface area contributed by atoms with Crippen LogP contribution in [0.25, 0.3) is 4.85 Å². The first-order chi connectivity index (χ1) is 48.1. The maximum absolute atomic E-state index is 14.5. The molecular formula is C78H107F5N10O10. The molecule has 0 saturated carbocycles. The average molecular weight is 1440 g/mol. The average Bonchev–Trinajstić information content (AvgIpc) is 1.68. The summed E-state index contributed by atoms with van der Waals surface area (Å²) < 4.78 is 90.0. The van der Waals surface area contributed by atoms with Crippen LogP contribution in [-0.4, -0.2) is 185 Å². The second kappa shape index (κ2) is 33.3. The molecule has 4 amide bonds. The Morgan fingerprint density at radius 2 is 0.728 bits per heavy atom. The second-order valence-electron chi connectivity index (χ2n) is 32.2. The smallest absolute Gasteiger partial charge is 0.410 e. The summed E-state index contributed by atoms with van der Waals surface area (Å²) in [6.45, 7) is 42.2. The van der Waals surface area contributed by atoms with Gasteiger partial charge < -0.3 is 49.5 Å². The number of anilines is 3. The summed E-state index contributed by atoms with van der Waals surface area (Å²) in [6.07, 6.45) is 6.98. The number of halogens is 5. The summed E-state index contributed by atoms with van der Waals surface area (Å²) in [5.41, 5.74) is 7.31. The number of carbonyl (C=O) groups excluding carboxylic acids is 6. The number of ketones is 2. The molecule has 8 bridgehead atoms. The highest BCUT2D eigenvalue weighted by Gasteiger charge is 2.48. The highest BCUT2D eigenvalue weighted by atomic mass is 19.1. The van der Waals surface area contributed by atoms with Crippen molar-refractivity contribution in [3.8, 4) is 0 Å². The third-order valence-electron chi connectivity index (χ3n) is 19.5. The molecule has 25 heteroatoms. The van der Waals surface area contributed by atoms with E-state index >= 15 is 0 Å². The molecule has 8 fully saturated rings. The van der Waals surface area contributed by atoms with Gasteiger partial charge in [0.2, 0.25) is 6.04 Å². The van der Waals surface area contributed by atoms with Crippen molar-refractivity contribution in [2.75, 3.05) is 73.6 Å². The molecule has 4 aromatic rings. The van der Waals surface area contributed by atoms with E-state index in [9.17, 15) is 50.7 Å². The molecular weight excluding hydrogens is 1330 g/mol. The normalized spacial score (nSPS) is 23.0. The highest BCUT2D eigenvalue weighted by Crippen LogP contribution is 2.39. The van der Waals surface area contributed by atoms with E-state index in [1.165, 1.54) is 32.0 Å². The quantitative estimate of drug-likeness (QED) is 0.0729. The van der Waals surface area contributed by atoms with Gasteiger partial charge in [-0.2, -0.15) is 0 Å². The number of piperazine rings is 4. The van der Waals surface area contributed by atoms with Crippen molar-refractivity contribution in [1.82, 2.24) is 24.9 Å². The van der Waals surface area contributed by atoms with Gasteiger partial charge >= 0.3 is 24.4 Å². The zero-order valence-corrected chi connectivity index (χ0v) is 62.8. The lowest BCUT2D eigenvalue weighted by atomic mass is 10.00. The first-order valence-electron chi connectivity index (χ1n) is 36.1. The van der Waals surface area contributed by atoms with Gasteiger partial charge in [-0.05, 0) is 227 Å². The fourth-order valence-electron chi connectivity index (χ4n) is 14.7. The molecule has 12 rings (SSSR count). The Labute approximate surface area is 604 Å². The van der Waals surface area contributed by atoms with Crippen LogP contribution >= 0.6 is 0 Å². The molecule has 10 atom stereocenters. The monoisotopic (exact) mass is 1440 g/mol. The van der Waals surface area contributed by atoms with Crippen molar-refractivity contribution in [3.05, 3.63) is 136 Å². The maximum atomic E-state index is 14.5. The van der Waals surface area contributed by atoms with Gasteiger partial charge in [0.1, 0.15) is 51.5 Å². The van der Waals surface area contributed by atoms with Gasteiger partial charge in [0, 0.05) is 94.5 Å². The number of Topliss-reactive ketones (excluding diaryl/α,β-unsaturated/α-hetero) is 2. The van der Waals surface area contributed by atoms with E-state index in [0.717, 1.165) is 93.7 Å². The summed E-state index contributed by atoms with van der Waals surface area (Å²) in [4.78, 5) is 88.8. The lowest BCUT2D eigenvalue weighted by Crippen LogP contribution is -2.56. The first kappa shape index (κ1) is 80.4. The molecule has 3 N–H and O–H groups in total. The minimum atomic E-state index is -0.808. The molecule has 4 aromatic carbocycles. The summed E-state index contributed by atoms with van der Waals surface area (Å²) in [5.74, 6) is -3.20. The van der Waals surface area contributed by atoms with E-state index < -0.39 is 46.1 Å². The van der Waals surface area contributed by atoms with Crippen LogP contribution < -0.4 is 25.8 Å². The number of carbonyl (C=O) groups is 6. The zero-order chi connectivity index (χ0) is 76.0. The SMILES string of the molecule is CC(=O)c1ccc(F)cc1F.CC(=O)c1ccc(N2CC3CCC(C2)N3C(=O)OC(C)(C)C)cc1F.CC(C)(C)OC(=O)N1C2CCC1CNC2.CC(CN)c1ccc(N2CC3CCC(C2)N3C(=O)OC(C)(C)C)cc1F.[C-]#[N+]C(C)c1ccc(N2CC3CCC(C2)N3C(=O)OC(C)(C)C)cc1F. The largest absolute Gasteiger partial charge is 0.444 e. The Balaban J connectivity index is 0.000000168. The second-order valence-corrected chi connectivity index (χ2v) is 32.2. The van der Waals surface area contributed by atoms with Crippen molar-refractivity contribution >= 4 is 53.0 Å². The molecule has 0 spiro atoms. The van der Waals surface area contributed by atoms with Crippen molar-refractivity contribution < 1.29 is 69.7 Å². The Morgan fingerprint density at radius 1 is 0.447 bits per heavy atom. The van der Waals surface area contributed by atoms with Crippen molar-refractivity contribution in [3.63, 3.8) is 0 Å². The topological polar surface area (TPSA) is 204 Å². The number of hydrogen-bond acceptors (Lipinski definition) is 15. The Hall–Kier alpha value is -8.24. The number of amides is 4. The molecule has 0 radical (unpaired) electrons. The van der Waals surface area contributed by atoms with Crippen LogP contribution in [0, 0.1) is 35.7 Å². The van der Waals surface area contributed by atoms with Gasteiger partial charge in [-0.15, -0.1) is 0 Å². The van der Waals surface area contributed by atoms with Gasteiger partial charge in [-0.1, -0.05) is 13.0 Å². The number of ether oxygens (including phenoxy) is 4. The third-order valence-corrected chi connectivity index (χ3v) is 19.5. The van der Waals surface area contributed by atoms with E-state index in [2.05, 4.69) is 24.9 Å². The molecule has 8 aliphatic heterocycles. The molecule has 10 unspecified atom stereocenters. The Kier molecular flexibility index (Phi) is 26.0. The standard InChI is InChI=1S/C20H26FN3O2.C20H30FN3O2.C19H25FN2O3.C11H20N2O2.C8H6F2O/c1-13(22-5)17-9-8-14(10-18(17)21)23-11-15-6-7-16(12-23)24(15)19(25)26-20(2,3)4;1-13(10-22)17-8-7-14(9-18(17)21)23-11-15-5-6-16(12-23)24(15)19(25)26-20(2,3)4;1-12(23)16-8-7-13(9-17(16)20)21-10-14-5-6-15(11-21)22(14)18(24)25-19(2,3)4;1-11(2,3)15-10(14)13-8-4-5-9(13)7-12-6-8;1-5(11)7-3-2-6(9)4-8(7)10/h8-10,13,15-16H,6-7,11-12H2,1-4H3;7-9,13,15-16H,5-6,10-12,22H2,1-4H3;7-9,14-15H,5-6,10-11H2,1-4H3;8-9,12H,4-7H2,1-3H3;2-4H,1H3. The number of nitrogens with two attached hydrogens (primary N) is 1. The van der Waals surface area contributed by atoms with Crippen molar-refractivity contribution in [1.29, 1.82) is 0 Å². The van der Waals surface area contributed by atoms with Gasteiger partial charge in [-0.3, -0.25) is 29.2 Å². The van der Waals surface area contributed by atoms with E-state index in [0.29, 0.717) is 75.1 Å². The minimum Gasteiger partial charge on any atom is -0.444 e. The van der Waals surface area contributed by atoms with Crippen molar-refractivity contribution in [2.45, 2.75) is 245 Å². The molecule has 8 saturated heterocycles. The number of benzene rings is 4. The van der Waals surface area contributed by atoms with Crippen LogP contribution in [0.1, 0.15) is 206 Å². The predicted octanol–water partition coefficient (Wildman–Crippen LogP) is 15.0. The lowest BCUT2D eigenvalue weighted by Gasteiger charge is -2.42. The fourth-order valence-corrected chi connectivity index (χ4v) is 14.7. The van der Waals surface area contributed by atoms with Crippen LogP contribution in [-0.2, 0) is 18.9 Å². The summed E-state index contributed by atoms with van der Waals surface area (Å²) >= 11 is 0. The zero-order valence-electron chi connectivity index (χ0n) is 62.8. The number of nitrogens with zero attached hydrogens (tertiary/aromatic N) is 8. The van der Waals surface area contributed by atoms with Crippen molar-refractivity contribution in [2.24, 2.45) is 5.73 Å². The molecule has 8 aliphatic rings. The predicted molar refractivity (Wildman–Crippen MR) is 387 cm³/mol. The van der Waals surface area contributed by atoms with E-state index in [1.807, 2.05) is 128 Å². The molecule has 0 aromatic heterocycles. The van der Waals surface area contributed by atoms with E-state index in [1.54, 1.807) is 25.1 Å². The number of nitrogens with one attached hydrogen (secondary N) is 1. The summed E-state index contributed by atoms with van der Waals surface area (Å²) in [6, 6.07) is 18.9. The van der Waals surface area contributed by atoms with E-state index in [4.69, 9.17) is 31.3 Å². The number of fused-ring (bicyclic) bond motifs is 8. The van der Waals surface area contributed by atoms with Crippen LogP contribution in [0.3, 0.4) is 0 Å². The van der Waals surface area contributed by atoms with Crippen LogP contribution in [0.5, 0.6) is 0 Å². The van der Waals surface area contributed by atoms with Gasteiger partial charge in [0.05, 0.1) is 52.9 Å². The van der Waals surface area contributed by atoms with Gasteiger partial charge in [-0.25, -0.2) is 47.7 Å². The summed E-state index contributed by atoms with van der Waals surface area (Å²) in [7, 11) is 0. The van der Waals surface area contributed by atoms with Crippen LogP contribution in [0.4, 0.5) is 58.2 Å². The lowest BCUT2D eigenvalue weighted by molar-refractivity contribution is 0.00949. The highest BCUT2D eigenvalue weighted by molar-refractivity contribution is 5.95. The molecule has 8 heterocycles. The van der Waals surface area contributed by atoms with E-state index in [-0.39, 0.29) is 101 Å². The van der Waals surface area contributed by atoms with Crippen LogP contribution in [0.2, 0.25) is 0 Å².